The molecule has 0 N–H and O–H groups in total. The molecule has 0 unspecified atom stereocenters. The molecule has 0 amide bonds. The normalized spacial score (nSPS) is 12.1. The molecule has 1 aromatic rings. The van der Waals surface area contributed by atoms with Crippen molar-refractivity contribution < 1.29 is 8.42 Å². The molecule has 0 fully saturated rings. The van der Waals surface area contributed by atoms with Gasteiger partial charge in [-0.05, 0) is 31.0 Å². The highest BCUT2D eigenvalue weighted by Gasteiger charge is 2.23. The van der Waals surface area contributed by atoms with Gasteiger partial charge >= 0.3 is 0 Å². The predicted octanol–water partition coefficient (Wildman–Crippen LogP) is 2.33. The smallest absolute Gasteiger partial charge is 0.207 e. The highest BCUT2D eigenvalue weighted by molar-refractivity contribution is 7.89. The molecule has 3 nitrogen and oxygen atoms in total. The molecule has 0 saturated heterocycles. The summed E-state index contributed by atoms with van der Waals surface area (Å²) in [5.74, 6) is 0. The van der Waals surface area contributed by atoms with E-state index in [9.17, 15) is 8.42 Å². The highest BCUT2D eigenvalue weighted by Crippen LogP contribution is 2.21. The Morgan fingerprint density at radius 2 is 1.69 bits per heavy atom. The van der Waals surface area contributed by atoms with E-state index in [0.29, 0.717) is 18.0 Å². The Morgan fingerprint density at radius 3 is 2.19 bits per heavy atom. The predicted molar refractivity (Wildman–Crippen MR) is 66.0 cm³/mol. The van der Waals surface area contributed by atoms with Crippen LogP contribution < -0.4 is 0 Å². The van der Waals surface area contributed by atoms with E-state index < -0.39 is 10.0 Å². The summed E-state index contributed by atoms with van der Waals surface area (Å²) in [7, 11) is -3.32. The van der Waals surface area contributed by atoms with Crippen molar-refractivity contribution >= 4 is 10.0 Å². The van der Waals surface area contributed by atoms with Gasteiger partial charge in [-0.2, -0.15) is 4.31 Å². The summed E-state index contributed by atoms with van der Waals surface area (Å²) in [6.07, 6.45) is 0. The fourth-order valence-electron chi connectivity index (χ4n) is 1.71. The molecule has 0 radical (unpaired) electrons. The number of nitrogens with zero attached hydrogens (tertiary/aromatic N) is 1. The molecular weight excluding hydrogens is 222 g/mol. The molecule has 0 spiro atoms. The molecule has 90 valence electrons. The van der Waals surface area contributed by atoms with E-state index in [1.165, 1.54) is 4.31 Å². The molecular formula is C12H19NO2S. The molecule has 1 rings (SSSR count). The number of sulfonamides is 1. The molecule has 0 atom stereocenters. The number of hydrogen-bond donors (Lipinski definition) is 0. The molecule has 0 aromatic heterocycles. The third kappa shape index (κ3) is 2.28. The van der Waals surface area contributed by atoms with Crippen molar-refractivity contribution in [3.63, 3.8) is 0 Å². The quantitative estimate of drug-likeness (QED) is 0.811. The Kier molecular flexibility index (Phi) is 4.10. The standard InChI is InChI=1S/C12H19NO2S/c1-5-13(6-2)16(14,15)12-9-7-8-10(3)11(12)4/h7-9H,5-6H2,1-4H3. The van der Waals surface area contributed by atoms with Crippen molar-refractivity contribution in [3.05, 3.63) is 29.3 Å². The average Bonchev–Trinajstić information content (AvgIpc) is 2.23. The van der Waals surface area contributed by atoms with Crippen molar-refractivity contribution in [2.24, 2.45) is 0 Å². The lowest BCUT2D eigenvalue weighted by molar-refractivity contribution is 0.445. The van der Waals surface area contributed by atoms with Gasteiger partial charge in [0.25, 0.3) is 0 Å². The van der Waals surface area contributed by atoms with Crippen molar-refractivity contribution in [2.45, 2.75) is 32.6 Å². The molecule has 16 heavy (non-hydrogen) atoms. The summed E-state index contributed by atoms with van der Waals surface area (Å²) in [5.41, 5.74) is 1.85. The second kappa shape index (κ2) is 4.97. The lowest BCUT2D eigenvalue weighted by atomic mass is 10.1. The maximum absolute atomic E-state index is 12.3. The SMILES string of the molecule is CCN(CC)S(=O)(=O)c1cccc(C)c1C. The summed E-state index contributed by atoms with van der Waals surface area (Å²) < 4.78 is 26.1. The Hall–Kier alpha value is -0.870. The lowest BCUT2D eigenvalue weighted by Gasteiger charge is -2.20. The summed E-state index contributed by atoms with van der Waals surface area (Å²) in [5, 5.41) is 0. The number of aryl methyl sites for hydroxylation is 1. The molecule has 0 aliphatic heterocycles. The van der Waals surface area contributed by atoms with Crippen LogP contribution in [0, 0.1) is 13.8 Å². The van der Waals surface area contributed by atoms with Crippen LogP contribution in [0.2, 0.25) is 0 Å². The van der Waals surface area contributed by atoms with Crippen LogP contribution in [0.4, 0.5) is 0 Å². The summed E-state index contributed by atoms with van der Waals surface area (Å²) >= 11 is 0. The van der Waals surface area contributed by atoms with Crippen LogP contribution in [-0.4, -0.2) is 25.8 Å². The van der Waals surface area contributed by atoms with Crippen LogP contribution in [0.25, 0.3) is 0 Å². The third-order valence-corrected chi connectivity index (χ3v) is 5.07. The van der Waals surface area contributed by atoms with Gasteiger partial charge in [0, 0.05) is 13.1 Å². The number of rotatable bonds is 4. The van der Waals surface area contributed by atoms with Gasteiger partial charge in [0.15, 0.2) is 0 Å². The maximum atomic E-state index is 12.3. The minimum Gasteiger partial charge on any atom is -0.207 e. The zero-order valence-corrected chi connectivity index (χ0v) is 11.1. The highest BCUT2D eigenvalue weighted by atomic mass is 32.2. The molecule has 0 saturated carbocycles. The maximum Gasteiger partial charge on any atom is 0.243 e. The Morgan fingerprint density at radius 1 is 1.12 bits per heavy atom. The summed E-state index contributed by atoms with van der Waals surface area (Å²) in [6.45, 7) is 8.50. The first kappa shape index (κ1) is 13.2. The Labute approximate surface area is 98.1 Å². The topological polar surface area (TPSA) is 37.4 Å². The molecule has 0 aliphatic rings. The zero-order valence-electron chi connectivity index (χ0n) is 10.3. The van der Waals surface area contributed by atoms with Gasteiger partial charge in [0.05, 0.1) is 4.90 Å². The van der Waals surface area contributed by atoms with Crippen LogP contribution >= 0.6 is 0 Å². The van der Waals surface area contributed by atoms with Crippen molar-refractivity contribution in [2.75, 3.05) is 13.1 Å². The van der Waals surface area contributed by atoms with Gasteiger partial charge < -0.3 is 0 Å². The Balaban J connectivity index is 3.33. The second-order valence-corrected chi connectivity index (χ2v) is 5.69. The first-order valence-electron chi connectivity index (χ1n) is 5.51. The van der Waals surface area contributed by atoms with E-state index in [0.717, 1.165) is 11.1 Å². The third-order valence-electron chi connectivity index (χ3n) is 2.88. The Bertz CT molecular complexity index is 462. The van der Waals surface area contributed by atoms with Gasteiger partial charge in [0.2, 0.25) is 10.0 Å². The van der Waals surface area contributed by atoms with Gasteiger partial charge in [0.1, 0.15) is 0 Å². The van der Waals surface area contributed by atoms with E-state index >= 15 is 0 Å². The van der Waals surface area contributed by atoms with Gasteiger partial charge in [-0.1, -0.05) is 26.0 Å². The van der Waals surface area contributed by atoms with Crippen molar-refractivity contribution in [1.82, 2.24) is 4.31 Å². The molecule has 1 aromatic carbocycles. The number of benzene rings is 1. The van der Waals surface area contributed by atoms with Gasteiger partial charge in [-0.3, -0.25) is 0 Å². The summed E-state index contributed by atoms with van der Waals surface area (Å²) in [4.78, 5) is 0.427. The number of hydrogen-bond acceptors (Lipinski definition) is 2. The van der Waals surface area contributed by atoms with Crippen LogP contribution in [-0.2, 0) is 10.0 Å². The largest absolute Gasteiger partial charge is 0.243 e. The summed E-state index contributed by atoms with van der Waals surface area (Å²) in [6, 6.07) is 5.39. The zero-order chi connectivity index (χ0) is 12.3. The fourth-order valence-corrected chi connectivity index (χ4v) is 3.46. The van der Waals surface area contributed by atoms with Gasteiger partial charge in [-0.25, -0.2) is 8.42 Å². The fraction of sp³-hybridized carbons (Fsp3) is 0.500. The van der Waals surface area contributed by atoms with Crippen LogP contribution in [0.15, 0.2) is 23.1 Å². The van der Waals surface area contributed by atoms with Crippen molar-refractivity contribution in [1.29, 1.82) is 0 Å². The second-order valence-electron chi connectivity index (χ2n) is 3.79. The molecule has 0 aliphatic carbocycles. The minimum atomic E-state index is -3.32. The van der Waals surface area contributed by atoms with E-state index in [1.807, 2.05) is 33.8 Å². The van der Waals surface area contributed by atoms with Gasteiger partial charge in [-0.15, -0.1) is 0 Å². The van der Waals surface area contributed by atoms with Crippen LogP contribution in [0.1, 0.15) is 25.0 Å². The molecule has 0 bridgehead atoms. The van der Waals surface area contributed by atoms with Crippen molar-refractivity contribution in [3.8, 4) is 0 Å². The molecule has 4 heteroatoms. The first-order valence-corrected chi connectivity index (χ1v) is 6.95. The van der Waals surface area contributed by atoms with E-state index in [-0.39, 0.29) is 0 Å². The van der Waals surface area contributed by atoms with Crippen LogP contribution in [0.5, 0.6) is 0 Å². The molecule has 0 heterocycles. The van der Waals surface area contributed by atoms with E-state index in [2.05, 4.69) is 0 Å². The monoisotopic (exact) mass is 241 g/mol. The lowest BCUT2D eigenvalue weighted by Crippen LogP contribution is -2.31. The van der Waals surface area contributed by atoms with E-state index in [1.54, 1.807) is 12.1 Å². The minimum absolute atomic E-state index is 0.427. The van der Waals surface area contributed by atoms with Crippen LogP contribution in [0.3, 0.4) is 0 Å². The first-order chi connectivity index (χ1) is 7.45. The average molecular weight is 241 g/mol. The van der Waals surface area contributed by atoms with E-state index in [4.69, 9.17) is 0 Å².